The van der Waals surface area contributed by atoms with Gasteiger partial charge >= 0.3 is 0 Å². The molecule has 1 aromatic carbocycles. The molecule has 0 fully saturated rings. The van der Waals surface area contributed by atoms with Crippen molar-refractivity contribution in [3.05, 3.63) is 47.5 Å². The zero-order valence-electron chi connectivity index (χ0n) is 15.7. The van der Waals surface area contributed by atoms with E-state index < -0.39 is 21.7 Å². The molecule has 148 valence electrons. The van der Waals surface area contributed by atoms with Gasteiger partial charge < -0.3 is 4.57 Å². The van der Waals surface area contributed by atoms with Gasteiger partial charge in [-0.25, -0.2) is 22.2 Å². The van der Waals surface area contributed by atoms with Crippen LogP contribution in [0, 0.1) is 11.6 Å². The lowest BCUT2D eigenvalue weighted by molar-refractivity contribution is 0.261. The molecule has 6 nitrogen and oxygen atoms in total. The van der Waals surface area contributed by atoms with Gasteiger partial charge in [-0.05, 0) is 39.4 Å². The molecule has 2 heterocycles. The van der Waals surface area contributed by atoms with E-state index in [0.717, 1.165) is 23.5 Å². The van der Waals surface area contributed by atoms with Gasteiger partial charge in [0, 0.05) is 31.7 Å². The summed E-state index contributed by atoms with van der Waals surface area (Å²) in [6, 6.07) is 2.70. The molecule has 0 atom stereocenters. The van der Waals surface area contributed by atoms with Crippen molar-refractivity contribution in [1.82, 2.24) is 18.8 Å². The number of nitrogens with zero attached hydrogens (tertiary/aromatic N) is 4. The molecule has 1 aliphatic rings. The van der Waals surface area contributed by atoms with Crippen LogP contribution in [-0.2, 0) is 29.7 Å². The molecule has 0 aliphatic carbocycles. The van der Waals surface area contributed by atoms with E-state index in [1.54, 1.807) is 6.33 Å². The molecule has 0 saturated heterocycles. The maximum Gasteiger partial charge on any atom is 0.243 e. The van der Waals surface area contributed by atoms with E-state index in [2.05, 4.69) is 23.7 Å². The number of sulfonamides is 1. The standard InChI is InChI=1S/C18H24F2N4O2S/c1-13(2)22(3)10-17-18-11-24(6-4-5-23(18)12-21-17)27(25,26)16-8-14(19)7-15(20)9-16/h7-9,12-13H,4-6,10-11H2,1-3H3. The zero-order valence-corrected chi connectivity index (χ0v) is 16.5. The summed E-state index contributed by atoms with van der Waals surface area (Å²) >= 11 is 0. The summed E-state index contributed by atoms with van der Waals surface area (Å²) in [6.45, 7) is 5.80. The Kier molecular flexibility index (Phi) is 5.64. The third-order valence-corrected chi connectivity index (χ3v) is 6.74. The minimum atomic E-state index is -4.01. The van der Waals surface area contributed by atoms with Gasteiger partial charge in [0.05, 0.1) is 29.2 Å². The predicted molar refractivity (Wildman–Crippen MR) is 97.4 cm³/mol. The van der Waals surface area contributed by atoms with Gasteiger partial charge in [0.15, 0.2) is 0 Å². The maximum absolute atomic E-state index is 13.5. The second kappa shape index (κ2) is 7.65. The Hall–Kier alpha value is -1.84. The lowest BCUT2D eigenvalue weighted by Crippen LogP contribution is -2.32. The summed E-state index contributed by atoms with van der Waals surface area (Å²) in [5, 5.41) is 0. The normalized spacial score (nSPS) is 16.0. The molecule has 0 N–H and O–H groups in total. The van der Waals surface area contributed by atoms with Crippen molar-refractivity contribution in [3.63, 3.8) is 0 Å². The van der Waals surface area contributed by atoms with Gasteiger partial charge in [0.1, 0.15) is 11.6 Å². The Morgan fingerprint density at radius 1 is 1.19 bits per heavy atom. The first-order valence-corrected chi connectivity index (χ1v) is 10.3. The SMILES string of the molecule is CC(C)N(C)Cc1ncn2c1CN(S(=O)(=O)c1cc(F)cc(F)c1)CCC2. The molecule has 0 spiro atoms. The fourth-order valence-electron chi connectivity index (χ4n) is 3.07. The zero-order chi connectivity index (χ0) is 19.8. The highest BCUT2D eigenvalue weighted by atomic mass is 32.2. The molecular weight excluding hydrogens is 374 g/mol. The molecule has 1 aromatic heterocycles. The average molecular weight is 398 g/mol. The van der Waals surface area contributed by atoms with Crippen LogP contribution >= 0.6 is 0 Å². The number of hydrogen-bond acceptors (Lipinski definition) is 4. The van der Waals surface area contributed by atoms with Crippen molar-refractivity contribution in [3.8, 4) is 0 Å². The Labute approximate surface area is 158 Å². The highest BCUT2D eigenvalue weighted by Crippen LogP contribution is 2.25. The van der Waals surface area contributed by atoms with E-state index in [-0.39, 0.29) is 18.0 Å². The first kappa shape index (κ1) is 19.9. The van der Waals surface area contributed by atoms with Gasteiger partial charge in [-0.2, -0.15) is 4.31 Å². The fraction of sp³-hybridized carbons (Fsp3) is 0.500. The Bertz CT molecular complexity index is 907. The van der Waals surface area contributed by atoms with Crippen LogP contribution in [0.5, 0.6) is 0 Å². The molecule has 0 radical (unpaired) electrons. The number of aromatic nitrogens is 2. The van der Waals surface area contributed by atoms with Crippen LogP contribution in [0.2, 0.25) is 0 Å². The number of rotatable bonds is 5. The third-order valence-electron chi connectivity index (χ3n) is 4.92. The molecule has 0 saturated carbocycles. The van der Waals surface area contributed by atoms with Crippen molar-refractivity contribution in [1.29, 1.82) is 0 Å². The summed E-state index contributed by atoms with van der Waals surface area (Å²) in [6.07, 6.45) is 2.33. The highest BCUT2D eigenvalue weighted by Gasteiger charge is 2.30. The van der Waals surface area contributed by atoms with E-state index >= 15 is 0 Å². The Morgan fingerprint density at radius 2 is 1.85 bits per heavy atom. The van der Waals surface area contributed by atoms with Crippen LogP contribution < -0.4 is 0 Å². The van der Waals surface area contributed by atoms with Crippen molar-refractivity contribution >= 4 is 10.0 Å². The first-order chi connectivity index (χ1) is 12.7. The summed E-state index contributed by atoms with van der Waals surface area (Å²) in [5.74, 6) is -1.82. The van der Waals surface area contributed by atoms with Gasteiger partial charge in [0.25, 0.3) is 0 Å². The maximum atomic E-state index is 13.5. The fourth-order valence-corrected chi connectivity index (χ4v) is 4.55. The third kappa shape index (κ3) is 4.20. The number of aryl methyl sites for hydroxylation is 1. The lowest BCUT2D eigenvalue weighted by atomic mass is 10.2. The monoisotopic (exact) mass is 398 g/mol. The summed E-state index contributed by atoms with van der Waals surface area (Å²) in [7, 11) is -2.03. The number of benzene rings is 1. The molecule has 0 bridgehead atoms. The molecule has 3 rings (SSSR count). The summed E-state index contributed by atoms with van der Waals surface area (Å²) < 4.78 is 56.3. The highest BCUT2D eigenvalue weighted by molar-refractivity contribution is 7.89. The van der Waals surface area contributed by atoms with Crippen molar-refractivity contribution in [2.24, 2.45) is 0 Å². The average Bonchev–Trinajstić information content (AvgIpc) is 2.82. The van der Waals surface area contributed by atoms with E-state index in [4.69, 9.17) is 0 Å². The second-order valence-electron chi connectivity index (χ2n) is 7.14. The van der Waals surface area contributed by atoms with Crippen LogP contribution in [0.4, 0.5) is 8.78 Å². The smallest absolute Gasteiger partial charge is 0.243 e. The largest absolute Gasteiger partial charge is 0.333 e. The lowest BCUT2D eigenvalue weighted by Gasteiger charge is -2.23. The quantitative estimate of drug-likeness (QED) is 0.777. The summed E-state index contributed by atoms with van der Waals surface area (Å²) in [4.78, 5) is 6.21. The van der Waals surface area contributed by atoms with Crippen LogP contribution in [0.1, 0.15) is 31.7 Å². The van der Waals surface area contributed by atoms with Crippen LogP contribution in [0.3, 0.4) is 0 Å². The van der Waals surface area contributed by atoms with Crippen molar-refractivity contribution in [2.75, 3.05) is 13.6 Å². The van der Waals surface area contributed by atoms with E-state index in [1.807, 2.05) is 11.6 Å². The Balaban J connectivity index is 1.93. The molecule has 2 aromatic rings. The molecule has 9 heteroatoms. The van der Waals surface area contributed by atoms with Crippen molar-refractivity contribution < 1.29 is 17.2 Å². The van der Waals surface area contributed by atoms with Gasteiger partial charge in [-0.15, -0.1) is 0 Å². The van der Waals surface area contributed by atoms with Crippen LogP contribution in [0.15, 0.2) is 29.4 Å². The minimum absolute atomic E-state index is 0.127. The first-order valence-electron chi connectivity index (χ1n) is 8.88. The van der Waals surface area contributed by atoms with E-state index in [1.165, 1.54) is 4.31 Å². The topological polar surface area (TPSA) is 58.4 Å². The van der Waals surface area contributed by atoms with Crippen LogP contribution in [-0.4, -0.2) is 46.8 Å². The van der Waals surface area contributed by atoms with Gasteiger partial charge in [-0.3, -0.25) is 4.90 Å². The Morgan fingerprint density at radius 3 is 2.48 bits per heavy atom. The minimum Gasteiger partial charge on any atom is -0.333 e. The number of fused-ring (bicyclic) bond motifs is 1. The number of imidazole rings is 1. The van der Waals surface area contributed by atoms with Crippen LogP contribution in [0.25, 0.3) is 0 Å². The molecule has 0 unspecified atom stereocenters. The molecule has 27 heavy (non-hydrogen) atoms. The predicted octanol–water partition coefficient (Wildman–Crippen LogP) is 2.60. The number of hydrogen-bond donors (Lipinski definition) is 0. The van der Waals surface area contributed by atoms with E-state index in [0.29, 0.717) is 31.6 Å². The van der Waals surface area contributed by atoms with E-state index in [9.17, 15) is 17.2 Å². The van der Waals surface area contributed by atoms with Gasteiger partial charge in [-0.1, -0.05) is 0 Å². The summed E-state index contributed by atoms with van der Waals surface area (Å²) in [5.41, 5.74) is 1.64. The molecule has 1 aliphatic heterocycles. The van der Waals surface area contributed by atoms with Crippen molar-refractivity contribution in [2.45, 2.75) is 50.8 Å². The second-order valence-corrected chi connectivity index (χ2v) is 9.08. The molecular formula is C18H24F2N4O2S. The van der Waals surface area contributed by atoms with Gasteiger partial charge in [0.2, 0.25) is 10.0 Å². The number of halogens is 2. The molecule has 0 amide bonds.